The monoisotopic (exact) mass is 441 g/mol. The average molecular weight is 442 g/mol. The number of benzene rings is 2. The third-order valence-electron chi connectivity index (χ3n) is 3.95. The zero-order valence-electron chi connectivity index (χ0n) is 16.4. The van der Waals surface area contributed by atoms with Crippen molar-refractivity contribution in [3.63, 3.8) is 0 Å². The van der Waals surface area contributed by atoms with E-state index >= 15 is 0 Å². The van der Waals surface area contributed by atoms with Crippen LogP contribution in [-0.2, 0) is 22.1 Å². The van der Waals surface area contributed by atoms with E-state index in [1.165, 1.54) is 30.3 Å². The Kier molecular flexibility index (Phi) is 8.91. The second kappa shape index (κ2) is 11.2. The molecule has 0 spiro atoms. The molecule has 5 nitrogen and oxygen atoms in total. The fourth-order valence-corrected chi connectivity index (χ4v) is 4.28. The van der Waals surface area contributed by atoms with Gasteiger partial charge in [0.1, 0.15) is 11.6 Å². The van der Waals surface area contributed by atoms with Gasteiger partial charge in [-0.3, -0.25) is 4.99 Å². The van der Waals surface area contributed by atoms with Crippen molar-refractivity contribution >= 4 is 27.6 Å². The highest BCUT2D eigenvalue weighted by atomic mass is 32.2. The van der Waals surface area contributed by atoms with Gasteiger partial charge in [-0.2, -0.15) is 0 Å². The van der Waals surface area contributed by atoms with Crippen LogP contribution in [0.25, 0.3) is 0 Å². The maximum Gasteiger partial charge on any atom is 0.191 e. The Labute approximate surface area is 174 Å². The molecule has 0 aliphatic rings. The van der Waals surface area contributed by atoms with Crippen molar-refractivity contribution < 1.29 is 17.2 Å². The highest BCUT2D eigenvalue weighted by Gasteiger charge is 2.11. The summed E-state index contributed by atoms with van der Waals surface area (Å²) in [5, 5.41) is 6.25. The second-order valence-corrected chi connectivity index (χ2v) is 9.80. The molecule has 0 aliphatic heterocycles. The Morgan fingerprint density at radius 2 is 1.72 bits per heavy atom. The van der Waals surface area contributed by atoms with Crippen LogP contribution in [0.3, 0.4) is 0 Å². The molecule has 2 aromatic rings. The molecular weight excluding hydrogens is 416 g/mol. The van der Waals surface area contributed by atoms with Gasteiger partial charge in [0.25, 0.3) is 0 Å². The number of nitrogens with one attached hydrogen (secondary N) is 2. The molecule has 2 rings (SSSR count). The summed E-state index contributed by atoms with van der Waals surface area (Å²) in [6.07, 6.45) is 2.01. The quantitative estimate of drug-likeness (QED) is 0.270. The highest BCUT2D eigenvalue weighted by molar-refractivity contribution is 7.99. The molecule has 0 heterocycles. The number of halogens is 2. The number of sulfone groups is 1. The standard InChI is InChI=1S/C20H25F2N3O2S2/c1-23-20(24-10-3-11-28-19-8-6-17(21)7-9-19)25-13-16-12-18(22)5-4-15(16)14-29(2,26)27/h4-9,12H,3,10-11,13-14H2,1-2H3,(H2,23,24,25). The number of nitrogens with zero attached hydrogens (tertiary/aromatic N) is 1. The van der Waals surface area contributed by atoms with E-state index in [4.69, 9.17) is 0 Å². The van der Waals surface area contributed by atoms with Crippen LogP contribution in [0.4, 0.5) is 8.78 Å². The maximum atomic E-state index is 13.6. The number of guanidine groups is 1. The lowest BCUT2D eigenvalue weighted by molar-refractivity contribution is 0.599. The largest absolute Gasteiger partial charge is 0.356 e. The van der Waals surface area contributed by atoms with Crippen LogP contribution in [0.5, 0.6) is 0 Å². The molecule has 0 unspecified atom stereocenters. The molecular formula is C20H25F2N3O2S2. The van der Waals surface area contributed by atoms with Crippen molar-refractivity contribution in [3.8, 4) is 0 Å². The van der Waals surface area contributed by atoms with Crippen LogP contribution in [0.15, 0.2) is 52.4 Å². The molecule has 0 aromatic heterocycles. The van der Waals surface area contributed by atoms with Gasteiger partial charge in [0, 0.05) is 31.3 Å². The molecule has 0 fully saturated rings. The maximum absolute atomic E-state index is 13.6. The number of rotatable bonds is 9. The summed E-state index contributed by atoms with van der Waals surface area (Å²) in [6.45, 7) is 0.930. The predicted molar refractivity (Wildman–Crippen MR) is 115 cm³/mol. The lowest BCUT2D eigenvalue weighted by Gasteiger charge is -2.14. The summed E-state index contributed by atoms with van der Waals surface area (Å²) < 4.78 is 49.6. The Morgan fingerprint density at radius 3 is 2.38 bits per heavy atom. The van der Waals surface area contributed by atoms with E-state index in [0.29, 0.717) is 23.6 Å². The third kappa shape index (κ3) is 8.82. The van der Waals surface area contributed by atoms with Gasteiger partial charge in [-0.15, -0.1) is 11.8 Å². The normalized spacial score (nSPS) is 12.1. The van der Waals surface area contributed by atoms with Crippen LogP contribution < -0.4 is 10.6 Å². The van der Waals surface area contributed by atoms with Crippen LogP contribution in [0.1, 0.15) is 17.5 Å². The Morgan fingerprint density at radius 1 is 1.03 bits per heavy atom. The molecule has 158 valence electrons. The molecule has 2 aromatic carbocycles. The Balaban J connectivity index is 1.80. The fourth-order valence-electron chi connectivity index (χ4n) is 2.58. The lowest BCUT2D eigenvalue weighted by Crippen LogP contribution is -2.37. The fraction of sp³-hybridized carbons (Fsp3) is 0.350. The third-order valence-corrected chi connectivity index (χ3v) is 5.89. The van der Waals surface area contributed by atoms with Gasteiger partial charge < -0.3 is 10.6 Å². The zero-order chi connectivity index (χ0) is 21.3. The number of hydrogen-bond acceptors (Lipinski definition) is 4. The van der Waals surface area contributed by atoms with E-state index in [1.54, 1.807) is 30.9 Å². The number of aliphatic imine (C=N–C) groups is 1. The Hall–Kier alpha value is -2.13. The summed E-state index contributed by atoms with van der Waals surface area (Å²) in [5.74, 6) is 0.602. The molecule has 0 aliphatic carbocycles. The molecule has 2 N–H and O–H groups in total. The molecule has 0 bridgehead atoms. The minimum absolute atomic E-state index is 0.142. The molecule has 9 heteroatoms. The SMILES string of the molecule is CN=C(NCCCSc1ccc(F)cc1)NCc1cc(F)ccc1CS(C)(=O)=O. The van der Waals surface area contributed by atoms with Gasteiger partial charge in [-0.25, -0.2) is 17.2 Å². The molecule has 0 saturated carbocycles. The first-order valence-electron chi connectivity index (χ1n) is 9.05. The van der Waals surface area contributed by atoms with Gasteiger partial charge in [0.2, 0.25) is 0 Å². The van der Waals surface area contributed by atoms with Crippen molar-refractivity contribution in [1.82, 2.24) is 10.6 Å². The van der Waals surface area contributed by atoms with Gasteiger partial charge in [0.05, 0.1) is 5.75 Å². The molecule has 29 heavy (non-hydrogen) atoms. The molecule has 0 atom stereocenters. The van der Waals surface area contributed by atoms with Crippen LogP contribution in [-0.4, -0.2) is 40.0 Å². The minimum Gasteiger partial charge on any atom is -0.356 e. The van der Waals surface area contributed by atoms with Crippen molar-refractivity contribution in [2.75, 3.05) is 25.6 Å². The highest BCUT2D eigenvalue weighted by Crippen LogP contribution is 2.18. The van der Waals surface area contributed by atoms with Gasteiger partial charge in [-0.05, 0) is 59.7 Å². The first-order valence-corrected chi connectivity index (χ1v) is 12.1. The van der Waals surface area contributed by atoms with Gasteiger partial charge in [-0.1, -0.05) is 6.07 Å². The number of thioether (sulfide) groups is 1. The van der Waals surface area contributed by atoms with E-state index < -0.39 is 15.7 Å². The molecule has 0 amide bonds. The summed E-state index contributed by atoms with van der Waals surface area (Å²) in [5.41, 5.74) is 1.14. The predicted octanol–water partition coefficient (Wildman–Crippen LogP) is 3.36. The number of hydrogen-bond donors (Lipinski definition) is 2. The summed E-state index contributed by atoms with van der Waals surface area (Å²) >= 11 is 1.64. The van der Waals surface area contributed by atoms with Crippen molar-refractivity contribution in [1.29, 1.82) is 0 Å². The van der Waals surface area contributed by atoms with Gasteiger partial charge >= 0.3 is 0 Å². The summed E-state index contributed by atoms with van der Waals surface area (Å²) in [4.78, 5) is 5.14. The van der Waals surface area contributed by atoms with E-state index in [9.17, 15) is 17.2 Å². The first kappa shape index (κ1) is 23.2. The van der Waals surface area contributed by atoms with Gasteiger partial charge in [0.15, 0.2) is 15.8 Å². The van der Waals surface area contributed by atoms with E-state index in [-0.39, 0.29) is 18.1 Å². The topological polar surface area (TPSA) is 70.6 Å². The summed E-state index contributed by atoms with van der Waals surface area (Å²) in [7, 11) is -1.59. The van der Waals surface area contributed by atoms with Crippen LogP contribution >= 0.6 is 11.8 Å². The lowest BCUT2D eigenvalue weighted by atomic mass is 10.1. The van der Waals surface area contributed by atoms with E-state index in [1.807, 2.05) is 0 Å². The molecule has 0 saturated heterocycles. The zero-order valence-corrected chi connectivity index (χ0v) is 18.0. The van der Waals surface area contributed by atoms with Crippen LogP contribution in [0, 0.1) is 11.6 Å². The summed E-state index contributed by atoms with van der Waals surface area (Å²) in [6, 6.07) is 10.5. The van der Waals surface area contributed by atoms with E-state index in [0.717, 1.165) is 23.3 Å². The smallest absolute Gasteiger partial charge is 0.191 e. The van der Waals surface area contributed by atoms with Crippen molar-refractivity contribution in [2.24, 2.45) is 4.99 Å². The second-order valence-electron chi connectivity index (χ2n) is 6.49. The first-order chi connectivity index (χ1) is 13.8. The minimum atomic E-state index is -3.22. The van der Waals surface area contributed by atoms with E-state index in [2.05, 4.69) is 15.6 Å². The van der Waals surface area contributed by atoms with Crippen molar-refractivity contribution in [2.45, 2.75) is 23.6 Å². The Bertz CT molecular complexity index is 933. The van der Waals surface area contributed by atoms with Crippen LogP contribution in [0.2, 0.25) is 0 Å². The molecule has 0 radical (unpaired) electrons. The average Bonchev–Trinajstić information content (AvgIpc) is 2.66. The van der Waals surface area contributed by atoms with Crippen molar-refractivity contribution in [3.05, 3.63) is 65.2 Å².